The number of hydrogen-bond acceptors (Lipinski definition) is 2. The lowest BCUT2D eigenvalue weighted by Gasteiger charge is -2.05. The average Bonchev–Trinajstić information content (AvgIpc) is 2.75. The predicted octanol–water partition coefficient (Wildman–Crippen LogP) is 1.84. The minimum atomic E-state index is -0.365. The summed E-state index contributed by atoms with van der Waals surface area (Å²) in [7, 11) is 0. The molecule has 0 atom stereocenters. The smallest absolute Gasteiger partial charge is 0.325 e. The number of halogens is 1. The van der Waals surface area contributed by atoms with E-state index in [4.69, 9.17) is 0 Å². The summed E-state index contributed by atoms with van der Waals surface area (Å²) in [5.41, 5.74) is 0.290. The Bertz CT molecular complexity index is 643. The van der Waals surface area contributed by atoms with Gasteiger partial charge in [0, 0.05) is 24.6 Å². The van der Waals surface area contributed by atoms with Crippen molar-refractivity contribution in [2.45, 2.75) is 26.4 Å². The van der Waals surface area contributed by atoms with Crippen molar-refractivity contribution in [3.63, 3.8) is 0 Å². The molecular weight excluding hydrogens is 261 g/mol. The van der Waals surface area contributed by atoms with Crippen LogP contribution in [-0.4, -0.2) is 15.0 Å². The molecule has 1 aromatic heterocycles. The van der Waals surface area contributed by atoms with Gasteiger partial charge in [0.05, 0.1) is 0 Å². The zero-order chi connectivity index (χ0) is 14.5. The molecular formula is C14H16FN3O2. The van der Waals surface area contributed by atoms with Crippen LogP contribution in [0, 0.1) is 5.82 Å². The van der Waals surface area contributed by atoms with Crippen LogP contribution in [0.4, 0.5) is 10.1 Å². The molecule has 106 valence electrons. The van der Waals surface area contributed by atoms with Crippen molar-refractivity contribution < 1.29 is 9.18 Å². The van der Waals surface area contributed by atoms with Crippen LogP contribution in [0.15, 0.2) is 41.5 Å². The summed E-state index contributed by atoms with van der Waals surface area (Å²) in [5.74, 6) is -0.691. The molecule has 0 aliphatic rings. The molecule has 1 aromatic carbocycles. The average molecular weight is 277 g/mol. The molecule has 0 aliphatic heterocycles. The molecule has 0 radical (unpaired) electrons. The van der Waals surface area contributed by atoms with Gasteiger partial charge in [0.2, 0.25) is 5.91 Å². The first-order valence-electron chi connectivity index (χ1n) is 6.41. The number of nitrogens with zero attached hydrogens (tertiary/aromatic N) is 2. The van der Waals surface area contributed by atoms with Gasteiger partial charge in [0.1, 0.15) is 12.4 Å². The summed E-state index contributed by atoms with van der Waals surface area (Å²) >= 11 is 0. The number of aryl methyl sites for hydroxylation is 1. The summed E-state index contributed by atoms with van der Waals surface area (Å²) < 4.78 is 15.6. The van der Waals surface area contributed by atoms with E-state index in [1.54, 1.807) is 17.0 Å². The number of rotatable bonds is 5. The second kappa shape index (κ2) is 6.18. The van der Waals surface area contributed by atoms with Crippen molar-refractivity contribution in [1.82, 2.24) is 9.13 Å². The highest BCUT2D eigenvalue weighted by Gasteiger charge is 2.08. The van der Waals surface area contributed by atoms with Crippen molar-refractivity contribution >= 4 is 11.6 Å². The van der Waals surface area contributed by atoms with Crippen molar-refractivity contribution in [1.29, 1.82) is 0 Å². The topological polar surface area (TPSA) is 56.0 Å². The van der Waals surface area contributed by atoms with Crippen molar-refractivity contribution in [3.8, 4) is 0 Å². The van der Waals surface area contributed by atoms with Crippen molar-refractivity contribution in [2.24, 2.45) is 0 Å². The van der Waals surface area contributed by atoms with E-state index in [0.717, 1.165) is 6.42 Å². The maximum absolute atomic E-state index is 12.7. The van der Waals surface area contributed by atoms with E-state index in [1.165, 1.54) is 28.8 Å². The van der Waals surface area contributed by atoms with Gasteiger partial charge >= 0.3 is 5.69 Å². The van der Waals surface area contributed by atoms with Gasteiger partial charge in [-0.05, 0) is 30.7 Å². The van der Waals surface area contributed by atoms with Crippen LogP contribution in [-0.2, 0) is 17.9 Å². The van der Waals surface area contributed by atoms with Crippen molar-refractivity contribution in [3.05, 3.63) is 53.0 Å². The second-order valence-electron chi connectivity index (χ2n) is 4.46. The third-order valence-corrected chi connectivity index (χ3v) is 2.82. The maximum Gasteiger partial charge on any atom is 0.328 e. The van der Waals surface area contributed by atoms with Crippen LogP contribution >= 0.6 is 0 Å². The molecule has 20 heavy (non-hydrogen) atoms. The number of anilines is 1. The molecule has 0 spiro atoms. The maximum atomic E-state index is 12.7. The predicted molar refractivity (Wildman–Crippen MR) is 74.0 cm³/mol. The number of aromatic nitrogens is 2. The first kappa shape index (κ1) is 14.0. The van der Waals surface area contributed by atoms with Crippen LogP contribution in [0.3, 0.4) is 0 Å². The highest BCUT2D eigenvalue weighted by molar-refractivity contribution is 5.90. The summed E-state index contributed by atoms with van der Waals surface area (Å²) in [6.45, 7) is 2.55. The summed E-state index contributed by atoms with van der Waals surface area (Å²) in [4.78, 5) is 23.7. The fraction of sp³-hybridized carbons (Fsp3) is 0.286. The summed E-state index contributed by atoms with van der Waals surface area (Å²) in [6.07, 6.45) is 4.10. The number of imidazole rings is 1. The molecule has 5 nitrogen and oxygen atoms in total. The van der Waals surface area contributed by atoms with Crippen LogP contribution in [0.1, 0.15) is 13.3 Å². The minimum Gasteiger partial charge on any atom is -0.325 e. The van der Waals surface area contributed by atoms with Gasteiger partial charge in [0.15, 0.2) is 0 Å². The Morgan fingerprint density at radius 2 is 1.85 bits per heavy atom. The molecule has 0 bridgehead atoms. The molecule has 2 rings (SSSR count). The summed E-state index contributed by atoms with van der Waals surface area (Å²) in [5, 5.41) is 2.61. The molecule has 1 N–H and O–H groups in total. The first-order chi connectivity index (χ1) is 9.60. The minimum absolute atomic E-state index is 0.0626. The Morgan fingerprint density at radius 3 is 2.50 bits per heavy atom. The lowest BCUT2D eigenvalue weighted by molar-refractivity contribution is -0.116. The highest BCUT2D eigenvalue weighted by Crippen LogP contribution is 2.08. The normalized spacial score (nSPS) is 10.5. The number of carbonyl (C=O) groups is 1. The fourth-order valence-electron chi connectivity index (χ4n) is 1.87. The standard InChI is InChI=1S/C14H16FN3O2/c1-2-7-17-8-9-18(14(17)20)10-13(19)16-12-5-3-11(15)4-6-12/h3-6,8-9H,2,7,10H2,1H3,(H,16,19). The Labute approximate surface area is 115 Å². The number of benzene rings is 1. The molecule has 0 aliphatic carbocycles. The number of hydrogen-bond donors (Lipinski definition) is 1. The number of carbonyl (C=O) groups excluding carboxylic acids is 1. The van der Waals surface area contributed by atoms with E-state index >= 15 is 0 Å². The lowest BCUT2D eigenvalue weighted by Crippen LogP contribution is -2.29. The molecule has 0 unspecified atom stereocenters. The zero-order valence-electron chi connectivity index (χ0n) is 11.2. The monoisotopic (exact) mass is 277 g/mol. The first-order valence-corrected chi connectivity index (χ1v) is 6.41. The third kappa shape index (κ3) is 3.34. The lowest BCUT2D eigenvalue weighted by atomic mass is 10.3. The SMILES string of the molecule is CCCn1ccn(CC(=O)Nc2ccc(F)cc2)c1=O. The molecule has 0 saturated carbocycles. The van der Waals surface area contributed by atoms with Crippen LogP contribution in [0.25, 0.3) is 0 Å². The third-order valence-electron chi connectivity index (χ3n) is 2.82. The fourth-order valence-corrected chi connectivity index (χ4v) is 1.87. The number of nitrogens with one attached hydrogen (secondary N) is 1. The van der Waals surface area contributed by atoms with E-state index in [-0.39, 0.29) is 24.0 Å². The van der Waals surface area contributed by atoms with Gasteiger partial charge in [-0.3, -0.25) is 13.9 Å². The molecule has 0 fully saturated rings. The van der Waals surface area contributed by atoms with Gasteiger partial charge in [-0.2, -0.15) is 0 Å². The van der Waals surface area contributed by atoms with E-state index < -0.39 is 0 Å². The zero-order valence-corrected chi connectivity index (χ0v) is 11.2. The quantitative estimate of drug-likeness (QED) is 0.906. The van der Waals surface area contributed by atoms with E-state index in [1.807, 2.05) is 6.92 Å². The molecule has 2 aromatic rings. The van der Waals surface area contributed by atoms with Gasteiger partial charge in [-0.15, -0.1) is 0 Å². The van der Waals surface area contributed by atoms with Crippen LogP contribution < -0.4 is 11.0 Å². The molecule has 0 saturated heterocycles. The van der Waals surface area contributed by atoms with Crippen LogP contribution in [0.2, 0.25) is 0 Å². The van der Waals surface area contributed by atoms with E-state index in [2.05, 4.69) is 5.32 Å². The van der Waals surface area contributed by atoms with Gasteiger partial charge in [-0.25, -0.2) is 9.18 Å². The largest absolute Gasteiger partial charge is 0.328 e. The molecule has 6 heteroatoms. The molecule has 1 amide bonds. The summed E-state index contributed by atoms with van der Waals surface area (Å²) in [6, 6.07) is 5.47. The number of amides is 1. The molecule has 1 heterocycles. The van der Waals surface area contributed by atoms with E-state index in [0.29, 0.717) is 12.2 Å². The Kier molecular flexibility index (Phi) is 4.34. The Balaban J connectivity index is 2.01. The van der Waals surface area contributed by atoms with E-state index in [9.17, 15) is 14.0 Å². The van der Waals surface area contributed by atoms with Crippen LogP contribution in [0.5, 0.6) is 0 Å². The van der Waals surface area contributed by atoms with Crippen molar-refractivity contribution in [2.75, 3.05) is 5.32 Å². The van der Waals surface area contributed by atoms with Gasteiger partial charge < -0.3 is 5.32 Å². The Morgan fingerprint density at radius 1 is 1.20 bits per heavy atom. The second-order valence-corrected chi connectivity index (χ2v) is 4.46. The van der Waals surface area contributed by atoms with Gasteiger partial charge in [0.25, 0.3) is 0 Å². The highest BCUT2D eigenvalue weighted by atomic mass is 19.1. The van der Waals surface area contributed by atoms with Gasteiger partial charge in [-0.1, -0.05) is 6.92 Å². The Hall–Kier alpha value is -2.37.